The van der Waals surface area contributed by atoms with E-state index in [2.05, 4.69) is 117 Å². The first-order valence-electron chi connectivity index (χ1n) is 11.1. The van der Waals surface area contributed by atoms with Gasteiger partial charge in [0.25, 0.3) is 0 Å². The van der Waals surface area contributed by atoms with Crippen molar-refractivity contribution < 1.29 is 0 Å². The molecule has 0 amide bonds. The maximum atomic E-state index is 4.85. The number of aromatic nitrogens is 2. The smallest absolute Gasteiger partial charge is 0.0928 e. The predicted octanol–water partition coefficient (Wildman–Crippen LogP) is 6.20. The fourth-order valence-electron chi connectivity index (χ4n) is 2.56. The number of rotatable bonds is 4. The van der Waals surface area contributed by atoms with E-state index in [1.54, 1.807) is 0 Å². The van der Waals surface area contributed by atoms with Gasteiger partial charge in [0.15, 0.2) is 0 Å². The first kappa shape index (κ1) is 27.2. The summed E-state index contributed by atoms with van der Waals surface area (Å²) in [6, 6.07) is 0. The summed E-state index contributed by atoms with van der Waals surface area (Å²) in [7, 11) is 2.67. The van der Waals surface area contributed by atoms with Crippen molar-refractivity contribution in [1.82, 2.24) is 9.97 Å². The van der Waals surface area contributed by atoms with Crippen LogP contribution in [0, 0.1) is 10.8 Å². The van der Waals surface area contributed by atoms with Crippen LogP contribution >= 0.6 is 9.24 Å². The highest BCUT2D eigenvalue weighted by Crippen LogP contribution is 2.25. The van der Waals surface area contributed by atoms with Crippen molar-refractivity contribution in [2.45, 2.75) is 83.1 Å². The summed E-state index contributed by atoms with van der Waals surface area (Å²) >= 11 is 0. The van der Waals surface area contributed by atoms with Crippen molar-refractivity contribution in [3.63, 3.8) is 0 Å². The molecule has 1 atom stereocenters. The molecular weight excluding hydrogens is 395 g/mol. The van der Waals surface area contributed by atoms with E-state index in [9.17, 15) is 0 Å². The number of allylic oxidation sites excluding steroid dienone is 8. The Balaban J connectivity index is 3.72. The van der Waals surface area contributed by atoms with Crippen LogP contribution in [0.25, 0.3) is 11.1 Å². The van der Waals surface area contributed by atoms with Crippen LogP contribution in [0.15, 0.2) is 52.8 Å². The zero-order valence-corrected chi connectivity index (χ0v) is 23.0. The first-order valence-corrected chi connectivity index (χ1v) is 11.7. The average Bonchev–Trinajstić information content (AvgIpc) is 2.66. The lowest BCUT2D eigenvalue weighted by molar-refractivity contribution is 0.504. The molecule has 3 heteroatoms. The van der Waals surface area contributed by atoms with Crippen LogP contribution in [0.5, 0.6) is 0 Å². The molecule has 1 unspecified atom stereocenters. The Bertz CT molecular complexity index is 1050. The minimum Gasteiger partial charge on any atom is -0.252 e. The van der Waals surface area contributed by atoms with Gasteiger partial charge in [-0.15, -0.1) is 0 Å². The highest BCUT2D eigenvalue weighted by molar-refractivity contribution is 7.26. The van der Waals surface area contributed by atoms with Crippen molar-refractivity contribution in [3.05, 3.63) is 63.5 Å². The van der Waals surface area contributed by atoms with Crippen LogP contribution in [0.4, 0.5) is 0 Å². The molecule has 0 spiro atoms. The van der Waals surface area contributed by atoms with Crippen molar-refractivity contribution in [3.8, 4) is 0 Å². The molecule has 1 rings (SSSR count). The van der Waals surface area contributed by atoms with Crippen LogP contribution in [0.2, 0.25) is 0 Å². The lowest BCUT2D eigenvalue weighted by atomic mass is 9.87. The Labute approximate surface area is 193 Å². The molecule has 0 aliphatic carbocycles. The summed E-state index contributed by atoms with van der Waals surface area (Å²) < 4.78 is 0. The van der Waals surface area contributed by atoms with Crippen LogP contribution in [0.3, 0.4) is 0 Å². The van der Waals surface area contributed by atoms with Gasteiger partial charge in [0.05, 0.1) is 22.3 Å². The normalized spacial score (nSPS) is 17.1. The molecule has 1 heterocycles. The van der Waals surface area contributed by atoms with E-state index in [-0.39, 0.29) is 10.8 Å². The molecule has 0 aliphatic rings. The van der Waals surface area contributed by atoms with Gasteiger partial charge in [-0.1, -0.05) is 86.2 Å². The molecule has 0 bridgehead atoms. The minimum atomic E-state index is 0.167. The van der Waals surface area contributed by atoms with Crippen LogP contribution in [0.1, 0.15) is 83.1 Å². The topological polar surface area (TPSA) is 25.8 Å². The molecule has 0 radical (unpaired) electrons. The minimum absolute atomic E-state index is 0.167. The van der Waals surface area contributed by atoms with Gasteiger partial charge < -0.3 is 0 Å². The largest absolute Gasteiger partial charge is 0.252 e. The van der Waals surface area contributed by atoms with E-state index >= 15 is 0 Å². The molecule has 0 fully saturated rings. The Morgan fingerprint density at radius 1 is 0.677 bits per heavy atom. The molecule has 0 N–H and O–H groups in total. The monoisotopic (exact) mass is 438 g/mol. The van der Waals surface area contributed by atoms with E-state index in [0.29, 0.717) is 0 Å². The molecule has 0 aromatic carbocycles. The second kappa shape index (κ2) is 10.7. The summed E-state index contributed by atoms with van der Waals surface area (Å²) in [5.41, 5.74) is 8.60. The van der Waals surface area contributed by atoms with Gasteiger partial charge in [-0.3, -0.25) is 4.98 Å². The summed E-state index contributed by atoms with van der Waals surface area (Å²) in [6.45, 7) is 26.4. The van der Waals surface area contributed by atoms with E-state index in [0.717, 1.165) is 27.3 Å². The predicted molar refractivity (Wildman–Crippen MR) is 143 cm³/mol. The zero-order valence-electron chi connectivity index (χ0n) is 21.9. The van der Waals surface area contributed by atoms with E-state index in [1.165, 1.54) is 22.3 Å². The van der Waals surface area contributed by atoms with Gasteiger partial charge >= 0.3 is 0 Å². The van der Waals surface area contributed by atoms with Crippen molar-refractivity contribution in [2.24, 2.45) is 10.8 Å². The quantitative estimate of drug-likeness (QED) is 0.413. The van der Waals surface area contributed by atoms with Crippen molar-refractivity contribution in [2.75, 3.05) is 0 Å². The third-order valence-electron chi connectivity index (χ3n) is 6.22. The second-order valence-corrected chi connectivity index (χ2v) is 11.2. The maximum Gasteiger partial charge on any atom is 0.0928 e. The molecule has 31 heavy (non-hydrogen) atoms. The molecule has 0 aliphatic heterocycles. The zero-order chi connectivity index (χ0) is 24.1. The van der Waals surface area contributed by atoms with Gasteiger partial charge in [0, 0.05) is 0 Å². The number of hydrogen-bond donors (Lipinski definition) is 0. The SMILES string of the molecule is CC(/C(C)=C/C=C(\C)C(C)(C)C)=c1/ncc(P)n/c1=C(C)\C(C)=C\C=C(/C)C(C)(C)C. The standard InChI is InChI=1S/C28H43N2P/c1-18(13-15-20(3)27(7,8)9)22(5)25-26(30-24(31)17-29-25)23(6)19(2)14-16-21(4)28(10,11)12/h13-17H,31H2,1-12H3/b18-13+,19-14+,20-15+,21-16+,25-22-,26-23-. The van der Waals surface area contributed by atoms with E-state index in [1.807, 2.05) is 6.20 Å². The fourth-order valence-corrected chi connectivity index (χ4v) is 2.77. The fraction of sp³-hybridized carbons (Fsp3) is 0.500. The lowest BCUT2D eigenvalue weighted by Crippen LogP contribution is -2.38. The highest BCUT2D eigenvalue weighted by atomic mass is 31.0. The van der Waals surface area contributed by atoms with Gasteiger partial charge in [0.1, 0.15) is 0 Å². The molecule has 170 valence electrons. The summed E-state index contributed by atoms with van der Waals surface area (Å²) in [6.07, 6.45) is 10.7. The summed E-state index contributed by atoms with van der Waals surface area (Å²) in [5, 5.41) is 1.90. The Kier molecular flexibility index (Phi) is 9.39. The van der Waals surface area contributed by atoms with Gasteiger partial charge in [-0.2, -0.15) is 0 Å². The first-order chi connectivity index (χ1) is 14.1. The third-order valence-corrected chi connectivity index (χ3v) is 6.50. The highest BCUT2D eigenvalue weighted by Gasteiger charge is 2.12. The van der Waals surface area contributed by atoms with Crippen LogP contribution in [-0.2, 0) is 0 Å². The Hall–Kier alpha value is -1.79. The van der Waals surface area contributed by atoms with E-state index < -0.39 is 0 Å². The van der Waals surface area contributed by atoms with Gasteiger partial charge in [-0.25, -0.2) is 4.98 Å². The third kappa shape index (κ3) is 8.00. The number of nitrogens with zero attached hydrogens (tertiary/aromatic N) is 2. The molecule has 2 nitrogen and oxygen atoms in total. The second-order valence-electron chi connectivity index (χ2n) is 10.6. The molecule has 0 saturated heterocycles. The van der Waals surface area contributed by atoms with Gasteiger partial charge in [0.2, 0.25) is 0 Å². The summed E-state index contributed by atoms with van der Waals surface area (Å²) in [5.74, 6) is 0. The summed E-state index contributed by atoms with van der Waals surface area (Å²) in [4.78, 5) is 9.61. The molecule has 1 aromatic heterocycles. The average molecular weight is 439 g/mol. The van der Waals surface area contributed by atoms with E-state index in [4.69, 9.17) is 9.97 Å². The van der Waals surface area contributed by atoms with Gasteiger partial charge in [-0.05, 0) is 74.7 Å². The van der Waals surface area contributed by atoms with Crippen molar-refractivity contribution in [1.29, 1.82) is 0 Å². The van der Waals surface area contributed by atoms with Crippen LogP contribution in [-0.4, -0.2) is 9.97 Å². The van der Waals surface area contributed by atoms with Crippen molar-refractivity contribution >= 4 is 25.8 Å². The molecule has 1 aromatic rings. The Morgan fingerprint density at radius 2 is 1.06 bits per heavy atom. The molecule has 0 saturated carbocycles. The molecular formula is C28H43N2P. The lowest BCUT2D eigenvalue weighted by Gasteiger charge is -2.19. The Morgan fingerprint density at radius 3 is 1.45 bits per heavy atom. The van der Waals surface area contributed by atoms with Crippen LogP contribution < -0.4 is 16.1 Å². The maximum absolute atomic E-state index is 4.85. The number of hydrogen-bond acceptors (Lipinski definition) is 2.